The Morgan fingerprint density at radius 2 is 2.11 bits per heavy atom. The molecule has 1 heterocycles. The van der Waals surface area contributed by atoms with Gasteiger partial charge in [0.25, 0.3) is 0 Å². The highest BCUT2D eigenvalue weighted by Crippen LogP contribution is 2.43. The van der Waals surface area contributed by atoms with Crippen molar-refractivity contribution in [1.82, 2.24) is 0 Å². The van der Waals surface area contributed by atoms with E-state index >= 15 is 0 Å². The van der Waals surface area contributed by atoms with Crippen molar-refractivity contribution < 1.29 is 14.3 Å². The minimum atomic E-state index is 0.348. The zero-order chi connectivity index (χ0) is 13.8. The van der Waals surface area contributed by atoms with Gasteiger partial charge in [-0.2, -0.15) is 0 Å². The van der Waals surface area contributed by atoms with Crippen LogP contribution < -0.4 is 15.4 Å². The summed E-state index contributed by atoms with van der Waals surface area (Å²) in [7, 11) is 0. The number of fused-ring (bicyclic) bond motifs is 1. The van der Waals surface area contributed by atoms with Crippen molar-refractivity contribution in [2.24, 2.45) is 5.90 Å². The van der Waals surface area contributed by atoms with Gasteiger partial charge < -0.3 is 14.3 Å². The molecular weight excluding hydrogens is 310 g/mol. The van der Waals surface area contributed by atoms with Crippen LogP contribution in [-0.4, -0.2) is 19.8 Å². The van der Waals surface area contributed by atoms with Gasteiger partial charge >= 0.3 is 0 Å². The SMILES string of the molecule is CC(C)c1c(CCON)c(Br)cc2c1OCCCO2. The predicted molar refractivity (Wildman–Crippen MR) is 77.7 cm³/mol. The zero-order valence-electron chi connectivity index (χ0n) is 11.4. The molecule has 106 valence electrons. The molecule has 5 heteroatoms. The third-order valence-electron chi connectivity index (χ3n) is 3.18. The minimum absolute atomic E-state index is 0.348. The Labute approximate surface area is 122 Å². The summed E-state index contributed by atoms with van der Waals surface area (Å²) in [6.07, 6.45) is 1.66. The van der Waals surface area contributed by atoms with Crippen LogP contribution in [0.2, 0.25) is 0 Å². The second kappa shape index (κ2) is 6.59. The summed E-state index contributed by atoms with van der Waals surface area (Å²) in [5.74, 6) is 7.19. The van der Waals surface area contributed by atoms with Crippen LogP contribution in [0.3, 0.4) is 0 Å². The van der Waals surface area contributed by atoms with Gasteiger partial charge in [0.05, 0.1) is 19.8 Å². The van der Waals surface area contributed by atoms with E-state index in [9.17, 15) is 0 Å². The summed E-state index contributed by atoms with van der Waals surface area (Å²) in [6.45, 7) is 6.19. The first-order valence-corrected chi connectivity index (χ1v) is 7.37. The number of ether oxygens (including phenoxy) is 2. The summed E-state index contributed by atoms with van der Waals surface area (Å²) < 4.78 is 12.7. The molecule has 0 radical (unpaired) electrons. The lowest BCUT2D eigenvalue weighted by Gasteiger charge is -2.21. The van der Waals surface area contributed by atoms with Crippen molar-refractivity contribution in [3.8, 4) is 11.5 Å². The summed E-state index contributed by atoms with van der Waals surface area (Å²) in [6, 6.07) is 1.98. The normalized spacial score (nSPS) is 14.6. The molecule has 2 N–H and O–H groups in total. The Hall–Kier alpha value is -0.780. The lowest BCUT2D eigenvalue weighted by Crippen LogP contribution is -2.09. The van der Waals surface area contributed by atoms with Crippen molar-refractivity contribution in [2.45, 2.75) is 32.6 Å². The summed E-state index contributed by atoms with van der Waals surface area (Å²) in [5, 5.41) is 0. The highest BCUT2D eigenvalue weighted by Gasteiger charge is 2.23. The van der Waals surface area contributed by atoms with E-state index in [1.807, 2.05) is 6.07 Å². The van der Waals surface area contributed by atoms with Crippen LogP contribution in [0.5, 0.6) is 11.5 Å². The summed E-state index contributed by atoms with van der Waals surface area (Å²) in [5.41, 5.74) is 2.37. The number of nitrogens with two attached hydrogens (primary N) is 1. The predicted octanol–water partition coefficient (Wildman–Crippen LogP) is 3.17. The molecular formula is C14H20BrNO3. The molecule has 0 bridgehead atoms. The van der Waals surface area contributed by atoms with E-state index in [0.29, 0.717) is 25.7 Å². The molecule has 1 aromatic carbocycles. The first-order chi connectivity index (χ1) is 9.15. The zero-order valence-corrected chi connectivity index (χ0v) is 13.0. The molecule has 0 amide bonds. The quantitative estimate of drug-likeness (QED) is 0.862. The lowest BCUT2D eigenvalue weighted by atomic mass is 9.94. The third-order valence-corrected chi connectivity index (χ3v) is 3.89. The molecule has 0 spiro atoms. The molecule has 0 atom stereocenters. The highest BCUT2D eigenvalue weighted by molar-refractivity contribution is 9.10. The van der Waals surface area contributed by atoms with E-state index in [-0.39, 0.29) is 0 Å². The second-order valence-corrected chi connectivity index (χ2v) is 5.76. The van der Waals surface area contributed by atoms with Crippen molar-refractivity contribution in [1.29, 1.82) is 0 Å². The van der Waals surface area contributed by atoms with Crippen LogP contribution in [0, 0.1) is 0 Å². The van der Waals surface area contributed by atoms with Crippen LogP contribution in [0.15, 0.2) is 10.5 Å². The Morgan fingerprint density at radius 3 is 2.79 bits per heavy atom. The molecule has 2 rings (SSSR count). The number of rotatable bonds is 4. The maximum Gasteiger partial charge on any atom is 0.164 e. The van der Waals surface area contributed by atoms with Crippen molar-refractivity contribution in [2.75, 3.05) is 19.8 Å². The van der Waals surface area contributed by atoms with Crippen LogP contribution in [-0.2, 0) is 11.3 Å². The Morgan fingerprint density at radius 1 is 1.37 bits per heavy atom. The fraction of sp³-hybridized carbons (Fsp3) is 0.571. The van der Waals surface area contributed by atoms with Gasteiger partial charge in [-0.25, -0.2) is 5.90 Å². The smallest absolute Gasteiger partial charge is 0.164 e. The fourth-order valence-corrected chi connectivity index (χ4v) is 2.98. The molecule has 1 aliphatic rings. The van der Waals surface area contributed by atoms with Crippen LogP contribution in [0.1, 0.15) is 37.3 Å². The van der Waals surface area contributed by atoms with Crippen LogP contribution >= 0.6 is 15.9 Å². The van der Waals surface area contributed by atoms with E-state index in [1.165, 1.54) is 11.1 Å². The molecule has 19 heavy (non-hydrogen) atoms. The second-order valence-electron chi connectivity index (χ2n) is 4.90. The van der Waals surface area contributed by atoms with Gasteiger partial charge in [0.15, 0.2) is 11.5 Å². The number of benzene rings is 1. The summed E-state index contributed by atoms with van der Waals surface area (Å²) in [4.78, 5) is 4.71. The van der Waals surface area contributed by atoms with Crippen molar-refractivity contribution in [3.63, 3.8) is 0 Å². The molecule has 0 aliphatic carbocycles. The topological polar surface area (TPSA) is 53.7 Å². The third kappa shape index (κ3) is 3.22. The molecule has 4 nitrogen and oxygen atoms in total. The first-order valence-electron chi connectivity index (χ1n) is 6.57. The van der Waals surface area contributed by atoms with Crippen molar-refractivity contribution in [3.05, 3.63) is 21.7 Å². The van der Waals surface area contributed by atoms with E-state index < -0.39 is 0 Å². The maximum atomic E-state index is 5.90. The summed E-state index contributed by atoms with van der Waals surface area (Å²) >= 11 is 3.62. The Kier molecular flexibility index (Phi) is 5.07. The van der Waals surface area contributed by atoms with Crippen molar-refractivity contribution >= 4 is 15.9 Å². The highest BCUT2D eigenvalue weighted by atomic mass is 79.9. The molecule has 0 saturated carbocycles. The van der Waals surface area contributed by atoms with Gasteiger partial charge in [-0.1, -0.05) is 29.8 Å². The van der Waals surface area contributed by atoms with Gasteiger partial charge in [0.2, 0.25) is 0 Å². The van der Waals surface area contributed by atoms with Gasteiger partial charge in [-0.15, -0.1) is 0 Å². The minimum Gasteiger partial charge on any atom is -0.490 e. The van der Waals surface area contributed by atoms with Gasteiger partial charge in [-0.05, 0) is 24.0 Å². The molecule has 0 aromatic heterocycles. The monoisotopic (exact) mass is 329 g/mol. The maximum absolute atomic E-state index is 5.90. The number of halogens is 1. The molecule has 0 fully saturated rings. The number of hydrogen-bond acceptors (Lipinski definition) is 4. The van der Waals surface area contributed by atoms with Gasteiger partial charge in [0, 0.05) is 16.5 Å². The van der Waals surface area contributed by atoms with Crippen LogP contribution in [0.25, 0.3) is 0 Å². The van der Waals surface area contributed by atoms with E-state index in [4.69, 9.17) is 20.2 Å². The van der Waals surface area contributed by atoms with E-state index in [2.05, 4.69) is 29.8 Å². The fourth-order valence-electron chi connectivity index (χ4n) is 2.36. The average molecular weight is 330 g/mol. The Bertz CT molecular complexity index is 449. The van der Waals surface area contributed by atoms with Crippen LogP contribution in [0.4, 0.5) is 0 Å². The first kappa shape index (κ1) is 14.6. The standard InChI is InChI=1S/C14H20BrNO3/c1-9(2)13-10(4-7-19-16)11(15)8-12-14(13)18-6-3-5-17-12/h8-9H,3-7,16H2,1-2H3. The number of hydrogen-bond donors (Lipinski definition) is 1. The average Bonchev–Trinajstić information content (AvgIpc) is 2.60. The van der Waals surface area contributed by atoms with Gasteiger partial charge in [0.1, 0.15) is 0 Å². The molecule has 0 unspecified atom stereocenters. The molecule has 0 saturated heterocycles. The van der Waals surface area contributed by atoms with E-state index in [1.54, 1.807) is 0 Å². The largest absolute Gasteiger partial charge is 0.490 e. The molecule has 1 aliphatic heterocycles. The lowest BCUT2D eigenvalue weighted by molar-refractivity contribution is 0.141. The van der Waals surface area contributed by atoms with Gasteiger partial charge in [-0.3, -0.25) is 0 Å². The molecule has 1 aromatic rings. The Balaban J connectivity index is 2.50. The van der Waals surface area contributed by atoms with E-state index in [0.717, 1.165) is 28.8 Å².